The van der Waals surface area contributed by atoms with E-state index in [-0.39, 0.29) is 21.8 Å². The number of hydrogen-bond acceptors (Lipinski definition) is 5. The smallest absolute Gasteiger partial charge is 0.270 e. The zero-order valence-corrected chi connectivity index (χ0v) is 17.0. The Labute approximate surface area is 157 Å². The van der Waals surface area contributed by atoms with Gasteiger partial charge in [0.2, 0.25) is 0 Å². The number of nitro benzene ring substituents is 1. The Hall–Kier alpha value is -1.66. The summed E-state index contributed by atoms with van der Waals surface area (Å²) < 4.78 is 0. The maximum atomic E-state index is 11.4. The molecule has 0 aromatic heterocycles. The Kier molecular flexibility index (Phi) is 6.29. The molecule has 0 unspecified atom stereocenters. The molecule has 1 saturated carbocycles. The number of phenols is 1. The molecule has 2 rings (SSSR count). The number of likely N-dealkylation sites (N-methyl/N-ethyl adjacent to an activating group) is 2. The third kappa shape index (κ3) is 4.54. The van der Waals surface area contributed by atoms with E-state index in [4.69, 9.17) is 0 Å². The molecule has 1 aliphatic rings. The van der Waals surface area contributed by atoms with Crippen LogP contribution in [-0.4, -0.2) is 53.1 Å². The lowest BCUT2D eigenvalue weighted by Crippen LogP contribution is -2.49. The summed E-state index contributed by atoms with van der Waals surface area (Å²) in [6.07, 6.45) is 4.72. The fourth-order valence-electron chi connectivity index (χ4n) is 4.07. The van der Waals surface area contributed by atoms with Gasteiger partial charge < -0.3 is 10.0 Å². The number of aromatic hydroxyl groups is 1. The highest BCUT2D eigenvalue weighted by Gasteiger charge is 2.31. The van der Waals surface area contributed by atoms with Crippen LogP contribution in [0.1, 0.15) is 57.6 Å². The first-order valence-electron chi connectivity index (χ1n) is 9.39. The van der Waals surface area contributed by atoms with Crippen LogP contribution in [0.5, 0.6) is 5.75 Å². The van der Waals surface area contributed by atoms with Crippen molar-refractivity contribution in [1.29, 1.82) is 0 Å². The zero-order chi connectivity index (χ0) is 19.6. The van der Waals surface area contributed by atoms with Crippen molar-refractivity contribution in [2.75, 3.05) is 21.1 Å². The van der Waals surface area contributed by atoms with E-state index >= 15 is 0 Å². The van der Waals surface area contributed by atoms with E-state index in [2.05, 4.69) is 30.9 Å². The Balaban J connectivity index is 2.35. The van der Waals surface area contributed by atoms with Gasteiger partial charge in [-0.25, -0.2) is 0 Å². The Morgan fingerprint density at radius 2 is 1.73 bits per heavy atom. The predicted octanol–water partition coefficient (Wildman–Crippen LogP) is 3.90. The van der Waals surface area contributed by atoms with Crippen molar-refractivity contribution in [1.82, 2.24) is 9.80 Å². The second-order valence-electron chi connectivity index (χ2n) is 8.81. The van der Waals surface area contributed by atoms with Crippen LogP contribution in [0.3, 0.4) is 0 Å². The van der Waals surface area contributed by atoms with Crippen molar-refractivity contribution in [2.45, 2.75) is 70.5 Å². The van der Waals surface area contributed by atoms with Crippen molar-refractivity contribution in [3.63, 3.8) is 0 Å². The van der Waals surface area contributed by atoms with Gasteiger partial charge in [-0.2, -0.15) is 0 Å². The van der Waals surface area contributed by atoms with Crippen LogP contribution in [0.4, 0.5) is 5.69 Å². The minimum absolute atomic E-state index is 0.0453. The van der Waals surface area contributed by atoms with E-state index < -0.39 is 0 Å². The van der Waals surface area contributed by atoms with Gasteiger partial charge >= 0.3 is 0 Å². The second kappa shape index (κ2) is 7.92. The van der Waals surface area contributed by atoms with E-state index in [0.29, 0.717) is 29.8 Å². The van der Waals surface area contributed by atoms with E-state index in [1.54, 1.807) is 0 Å². The number of benzene rings is 1. The minimum atomic E-state index is -0.374. The number of non-ortho nitro benzene ring substituents is 1. The molecule has 0 bridgehead atoms. The SMILES string of the molecule is CN(C)[C@@H]1CCCC[C@H]1N(C)Cc1cc([N+](=O)[O-])cc(C(C)(C)C)c1O. The van der Waals surface area contributed by atoms with Gasteiger partial charge in [-0.15, -0.1) is 0 Å². The number of nitrogens with zero attached hydrogens (tertiary/aromatic N) is 3. The molecule has 2 atom stereocenters. The van der Waals surface area contributed by atoms with E-state index in [1.165, 1.54) is 25.0 Å². The lowest BCUT2D eigenvalue weighted by Gasteiger charge is -2.41. The standard InChI is InChI=1S/C20H33N3O3/c1-20(2,3)16-12-15(23(25)26)11-14(19(16)24)13-22(6)18-10-8-7-9-17(18)21(4)5/h11-12,17-18,24H,7-10,13H2,1-6H3/t17-,18-/m1/s1. The van der Waals surface area contributed by atoms with Crippen LogP contribution in [-0.2, 0) is 12.0 Å². The molecule has 0 spiro atoms. The summed E-state index contributed by atoms with van der Waals surface area (Å²) in [6.45, 7) is 6.39. The number of phenolic OH excluding ortho intramolecular Hbond substituents is 1. The Bertz CT molecular complexity index is 652. The molecule has 0 heterocycles. The monoisotopic (exact) mass is 363 g/mol. The first-order chi connectivity index (χ1) is 12.0. The highest BCUT2D eigenvalue weighted by Crippen LogP contribution is 2.38. The van der Waals surface area contributed by atoms with Crippen molar-refractivity contribution in [2.24, 2.45) is 0 Å². The fraction of sp³-hybridized carbons (Fsp3) is 0.700. The number of hydrogen-bond donors (Lipinski definition) is 1. The van der Waals surface area contributed by atoms with Crippen molar-refractivity contribution in [3.8, 4) is 5.75 Å². The molecule has 1 N–H and O–H groups in total. The quantitative estimate of drug-likeness (QED) is 0.634. The van der Waals surface area contributed by atoms with Gasteiger partial charge in [-0.1, -0.05) is 33.6 Å². The minimum Gasteiger partial charge on any atom is -0.507 e. The maximum Gasteiger partial charge on any atom is 0.270 e. The van der Waals surface area contributed by atoms with Gasteiger partial charge in [0.25, 0.3) is 5.69 Å². The summed E-state index contributed by atoms with van der Waals surface area (Å²) in [4.78, 5) is 15.5. The van der Waals surface area contributed by atoms with Crippen LogP contribution in [0, 0.1) is 10.1 Å². The largest absolute Gasteiger partial charge is 0.507 e. The molecule has 6 nitrogen and oxygen atoms in total. The first-order valence-corrected chi connectivity index (χ1v) is 9.39. The highest BCUT2D eigenvalue weighted by molar-refractivity contribution is 5.52. The molecule has 6 heteroatoms. The van der Waals surface area contributed by atoms with Crippen molar-refractivity contribution in [3.05, 3.63) is 33.4 Å². The summed E-state index contributed by atoms with van der Waals surface area (Å²) >= 11 is 0. The lowest BCUT2D eigenvalue weighted by atomic mass is 9.84. The molecule has 0 aliphatic heterocycles. The fourth-order valence-corrected chi connectivity index (χ4v) is 4.07. The first kappa shape index (κ1) is 20.6. The van der Waals surface area contributed by atoms with Gasteiger partial charge in [-0.05, 0) is 39.4 Å². The summed E-state index contributed by atoms with van der Waals surface area (Å²) in [5.74, 6) is 0.187. The van der Waals surface area contributed by atoms with E-state index in [9.17, 15) is 15.2 Å². The van der Waals surface area contributed by atoms with Gasteiger partial charge in [0.1, 0.15) is 5.75 Å². The van der Waals surface area contributed by atoms with Gasteiger partial charge in [0.05, 0.1) is 4.92 Å². The van der Waals surface area contributed by atoms with Gasteiger partial charge in [-0.3, -0.25) is 15.0 Å². The topological polar surface area (TPSA) is 69.9 Å². The van der Waals surface area contributed by atoms with Crippen LogP contribution in [0.15, 0.2) is 12.1 Å². The molecule has 146 valence electrons. The maximum absolute atomic E-state index is 11.4. The molecule has 1 aromatic carbocycles. The molecule has 26 heavy (non-hydrogen) atoms. The number of rotatable bonds is 5. The van der Waals surface area contributed by atoms with Gasteiger partial charge in [0, 0.05) is 41.9 Å². The molecular formula is C20H33N3O3. The Morgan fingerprint density at radius 3 is 2.23 bits per heavy atom. The predicted molar refractivity (Wildman–Crippen MR) is 105 cm³/mol. The highest BCUT2D eigenvalue weighted by atomic mass is 16.6. The van der Waals surface area contributed by atoms with Crippen LogP contribution >= 0.6 is 0 Å². The van der Waals surface area contributed by atoms with Crippen LogP contribution in [0.25, 0.3) is 0 Å². The summed E-state index contributed by atoms with van der Waals surface area (Å²) in [7, 11) is 6.28. The zero-order valence-electron chi connectivity index (χ0n) is 17.0. The summed E-state index contributed by atoms with van der Waals surface area (Å²) in [6, 6.07) is 3.88. The lowest BCUT2D eigenvalue weighted by molar-refractivity contribution is -0.385. The van der Waals surface area contributed by atoms with Gasteiger partial charge in [0.15, 0.2) is 0 Å². The average Bonchev–Trinajstić information content (AvgIpc) is 2.55. The molecule has 1 aliphatic carbocycles. The molecule has 1 fully saturated rings. The summed E-state index contributed by atoms with van der Waals surface area (Å²) in [5, 5.41) is 22.2. The van der Waals surface area contributed by atoms with Crippen molar-refractivity contribution >= 4 is 5.69 Å². The third-order valence-electron chi connectivity index (χ3n) is 5.54. The normalized spacial score (nSPS) is 21.4. The molecule has 0 saturated heterocycles. The van der Waals surface area contributed by atoms with Crippen LogP contribution < -0.4 is 0 Å². The summed E-state index contributed by atoms with van der Waals surface area (Å²) in [5.41, 5.74) is 0.946. The molecular weight excluding hydrogens is 330 g/mol. The molecule has 1 aromatic rings. The molecule has 0 radical (unpaired) electrons. The number of nitro groups is 1. The van der Waals surface area contributed by atoms with E-state index in [1.807, 2.05) is 20.8 Å². The molecule has 0 amide bonds. The average molecular weight is 364 g/mol. The Morgan fingerprint density at radius 1 is 1.15 bits per heavy atom. The van der Waals surface area contributed by atoms with Crippen molar-refractivity contribution < 1.29 is 10.0 Å². The van der Waals surface area contributed by atoms with E-state index in [0.717, 1.165) is 12.8 Å². The second-order valence-corrected chi connectivity index (χ2v) is 8.81. The van der Waals surface area contributed by atoms with Crippen LogP contribution in [0.2, 0.25) is 0 Å². The third-order valence-corrected chi connectivity index (χ3v) is 5.54.